The fourth-order valence-corrected chi connectivity index (χ4v) is 1.63. The van der Waals surface area contributed by atoms with Gasteiger partial charge in [-0.2, -0.15) is 0 Å². The molecule has 1 amide bonds. The first kappa shape index (κ1) is 13.9. The quantitative estimate of drug-likeness (QED) is 0.686. The van der Waals surface area contributed by atoms with Crippen molar-refractivity contribution in [2.24, 2.45) is 0 Å². The molecule has 1 N–H and O–H groups in total. The third-order valence-corrected chi connectivity index (χ3v) is 2.68. The fourth-order valence-electron chi connectivity index (χ4n) is 1.53. The Morgan fingerprint density at radius 1 is 1.30 bits per heavy atom. The maximum Gasteiger partial charge on any atom is 0.274 e. The zero-order chi connectivity index (χ0) is 14.5. The average Bonchev–Trinajstić information content (AvgIpc) is 2.45. The van der Waals surface area contributed by atoms with Gasteiger partial charge in [0.1, 0.15) is 10.8 Å². The Balaban J connectivity index is 2.07. The van der Waals surface area contributed by atoms with E-state index in [-0.39, 0.29) is 23.1 Å². The zero-order valence-electron chi connectivity index (χ0n) is 10.1. The third kappa shape index (κ3) is 3.27. The molecular formula is C12H9ClN4O3. The number of nitro groups is 1. The minimum absolute atomic E-state index is 0.0281. The number of halogens is 1. The molecule has 0 unspecified atom stereocenters. The normalized spacial score (nSPS) is 10.1. The summed E-state index contributed by atoms with van der Waals surface area (Å²) >= 11 is 5.56. The van der Waals surface area contributed by atoms with E-state index in [1.807, 2.05) is 0 Å². The Morgan fingerprint density at radius 3 is 2.70 bits per heavy atom. The number of hydrogen-bond acceptors (Lipinski definition) is 5. The molecule has 1 heterocycles. The number of carbonyl (C=O) groups is 1. The van der Waals surface area contributed by atoms with Crippen molar-refractivity contribution in [1.29, 1.82) is 0 Å². The molecule has 0 radical (unpaired) electrons. The molecule has 8 heteroatoms. The van der Waals surface area contributed by atoms with Crippen molar-refractivity contribution in [3.8, 4) is 0 Å². The second kappa shape index (κ2) is 6.07. The standard InChI is InChI=1S/C12H9ClN4O3/c13-11-7-14-9(6-15-11)12(18)16-5-8-3-1-2-4-10(8)17(19)20/h1-4,6-7H,5H2,(H,16,18). The lowest BCUT2D eigenvalue weighted by Crippen LogP contribution is -2.24. The van der Waals surface area contributed by atoms with Crippen LogP contribution in [0.3, 0.4) is 0 Å². The Bertz CT molecular complexity index is 645. The van der Waals surface area contributed by atoms with E-state index < -0.39 is 10.8 Å². The largest absolute Gasteiger partial charge is 0.346 e. The van der Waals surface area contributed by atoms with E-state index in [0.717, 1.165) is 0 Å². The van der Waals surface area contributed by atoms with Crippen LogP contribution in [0.4, 0.5) is 5.69 Å². The fraction of sp³-hybridized carbons (Fsp3) is 0.0833. The van der Waals surface area contributed by atoms with Gasteiger partial charge in [-0.25, -0.2) is 9.97 Å². The summed E-state index contributed by atoms with van der Waals surface area (Å²) in [5.41, 5.74) is 0.454. The maximum atomic E-state index is 11.8. The zero-order valence-corrected chi connectivity index (χ0v) is 10.9. The highest BCUT2D eigenvalue weighted by molar-refractivity contribution is 6.29. The highest BCUT2D eigenvalue weighted by Crippen LogP contribution is 2.17. The SMILES string of the molecule is O=C(NCc1ccccc1[N+](=O)[O-])c1cnc(Cl)cn1. The molecule has 0 aliphatic rings. The summed E-state index contributed by atoms with van der Waals surface area (Å²) in [4.78, 5) is 29.7. The summed E-state index contributed by atoms with van der Waals surface area (Å²) in [6.45, 7) is 0.0281. The van der Waals surface area contributed by atoms with E-state index in [4.69, 9.17) is 11.6 Å². The number of carbonyl (C=O) groups excluding carboxylic acids is 1. The van der Waals surface area contributed by atoms with E-state index in [0.29, 0.717) is 5.56 Å². The topological polar surface area (TPSA) is 98.0 Å². The molecule has 1 aromatic carbocycles. The number of para-hydroxylation sites is 1. The van der Waals surface area contributed by atoms with Gasteiger partial charge in [-0.05, 0) is 0 Å². The minimum Gasteiger partial charge on any atom is -0.346 e. The van der Waals surface area contributed by atoms with Crippen molar-refractivity contribution < 1.29 is 9.72 Å². The van der Waals surface area contributed by atoms with Crippen LogP contribution in [-0.4, -0.2) is 20.8 Å². The number of rotatable bonds is 4. The molecule has 1 aromatic heterocycles. The molecule has 0 atom stereocenters. The van der Waals surface area contributed by atoms with Crippen molar-refractivity contribution in [1.82, 2.24) is 15.3 Å². The molecule has 7 nitrogen and oxygen atoms in total. The number of aromatic nitrogens is 2. The first-order chi connectivity index (χ1) is 9.58. The van der Waals surface area contributed by atoms with Crippen LogP contribution in [0.5, 0.6) is 0 Å². The first-order valence-corrected chi connectivity index (χ1v) is 5.94. The lowest BCUT2D eigenvalue weighted by Gasteiger charge is -2.05. The smallest absolute Gasteiger partial charge is 0.274 e. The van der Waals surface area contributed by atoms with E-state index in [2.05, 4.69) is 15.3 Å². The van der Waals surface area contributed by atoms with Crippen molar-refractivity contribution in [2.45, 2.75) is 6.54 Å². The van der Waals surface area contributed by atoms with Crippen LogP contribution in [-0.2, 0) is 6.54 Å². The van der Waals surface area contributed by atoms with Crippen LogP contribution >= 0.6 is 11.6 Å². The summed E-state index contributed by atoms with van der Waals surface area (Å²) in [6, 6.07) is 6.18. The van der Waals surface area contributed by atoms with Crippen LogP contribution in [0.15, 0.2) is 36.7 Å². The summed E-state index contributed by atoms with van der Waals surface area (Å²) in [5, 5.41) is 13.6. The molecule has 102 valence electrons. The van der Waals surface area contributed by atoms with Crippen LogP contribution in [0, 0.1) is 10.1 Å². The van der Waals surface area contributed by atoms with Gasteiger partial charge in [-0.15, -0.1) is 0 Å². The highest BCUT2D eigenvalue weighted by Gasteiger charge is 2.14. The number of benzene rings is 1. The molecule has 0 aliphatic carbocycles. The number of nitrogens with zero attached hydrogens (tertiary/aromatic N) is 3. The van der Waals surface area contributed by atoms with Crippen molar-refractivity contribution >= 4 is 23.2 Å². The number of nitrogens with one attached hydrogen (secondary N) is 1. The van der Waals surface area contributed by atoms with Crippen molar-refractivity contribution in [2.75, 3.05) is 0 Å². The number of amides is 1. The van der Waals surface area contributed by atoms with Crippen LogP contribution < -0.4 is 5.32 Å². The number of nitro benzene ring substituents is 1. The van der Waals surface area contributed by atoms with Gasteiger partial charge in [0.05, 0.1) is 17.3 Å². The Labute approximate surface area is 118 Å². The molecule has 2 aromatic rings. The van der Waals surface area contributed by atoms with Gasteiger partial charge in [0.25, 0.3) is 11.6 Å². The summed E-state index contributed by atoms with van der Waals surface area (Å²) < 4.78 is 0. The molecule has 0 saturated carbocycles. The molecular weight excluding hydrogens is 284 g/mol. The summed E-state index contributed by atoms with van der Waals surface area (Å²) in [6.07, 6.45) is 2.48. The van der Waals surface area contributed by atoms with Gasteiger partial charge in [0.2, 0.25) is 0 Å². The molecule has 20 heavy (non-hydrogen) atoms. The van der Waals surface area contributed by atoms with Gasteiger partial charge < -0.3 is 5.32 Å². The van der Waals surface area contributed by atoms with Gasteiger partial charge in [0.15, 0.2) is 0 Å². The van der Waals surface area contributed by atoms with Crippen LogP contribution in [0.2, 0.25) is 5.15 Å². The predicted octanol–water partition coefficient (Wildman–Crippen LogP) is 1.97. The van der Waals surface area contributed by atoms with E-state index in [1.165, 1.54) is 18.5 Å². The van der Waals surface area contributed by atoms with Gasteiger partial charge in [-0.1, -0.05) is 29.8 Å². The highest BCUT2D eigenvalue weighted by atomic mass is 35.5. The van der Waals surface area contributed by atoms with Gasteiger partial charge in [-0.3, -0.25) is 14.9 Å². The molecule has 0 spiro atoms. The second-order valence-corrected chi connectivity index (χ2v) is 4.18. The molecule has 2 rings (SSSR count). The second-order valence-electron chi connectivity index (χ2n) is 3.79. The summed E-state index contributed by atoms with van der Waals surface area (Å²) in [7, 11) is 0. The van der Waals surface area contributed by atoms with Gasteiger partial charge in [0, 0.05) is 18.2 Å². The lowest BCUT2D eigenvalue weighted by molar-refractivity contribution is -0.385. The minimum atomic E-state index is -0.496. The predicted molar refractivity (Wildman–Crippen MR) is 71.3 cm³/mol. The van der Waals surface area contributed by atoms with Crippen molar-refractivity contribution in [3.63, 3.8) is 0 Å². The Kier molecular flexibility index (Phi) is 4.21. The van der Waals surface area contributed by atoms with Gasteiger partial charge >= 0.3 is 0 Å². The van der Waals surface area contributed by atoms with E-state index in [1.54, 1.807) is 18.2 Å². The molecule has 0 saturated heterocycles. The van der Waals surface area contributed by atoms with E-state index >= 15 is 0 Å². The lowest BCUT2D eigenvalue weighted by atomic mass is 10.2. The van der Waals surface area contributed by atoms with Crippen molar-refractivity contribution in [3.05, 3.63) is 63.2 Å². The van der Waals surface area contributed by atoms with Crippen LogP contribution in [0.1, 0.15) is 16.1 Å². The third-order valence-electron chi connectivity index (χ3n) is 2.48. The molecule has 0 bridgehead atoms. The first-order valence-electron chi connectivity index (χ1n) is 5.56. The molecule has 0 fully saturated rings. The Hall–Kier alpha value is -2.54. The maximum absolute atomic E-state index is 11.8. The average molecular weight is 293 g/mol. The Morgan fingerprint density at radius 2 is 2.05 bits per heavy atom. The van der Waals surface area contributed by atoms with Crippen LogP contribution in [0.25, 0.3) is 0 Å². The molecule has 0 aliphatic heterocycles. The van der Waals surface area contributed by atoms with E-state index in [9.17, 15) is 14.9 Å². The monoisotopic (exact) mass is 292 g/mol. The number of hydrogen-bond donors (Lipinski definition) is 1. The summed E-state index contributed by atoms with van der Waals surface area (Å²) in [5.74, 6) is -0.479.